The number of nitrogens with zero attached hydrogens (tertiary/aromatic N) is 2. The number of hydrogen-bond acceptors (Lipinski definition) is 3. The lowest BCUT2D eigenvalue weighted by Crippen LogP contribution is -1.95. The monoisotopic (exact) mass is 826 g/mol. The molecule has 0 fully saturated rings. The molecule has 0 aliphatic heterocycles. The average Bonchev–Trinajstić information content (AvgIpc) is 3.78. The van der Waals surface area contributed by atoms with Gasteiger partial charge >= 0.3 is 0 Å². The highest BCUT2D eigenvalue weighted by atomic mass is 16.3. The fraction of sp³-hybridized carbons (Fsp3) is 0. The lowest BCUT2D eigenvalue weighted by atomic mass is 9.91. The van der Waals surface area contributed by atoms with E-state index in [9.17, 15) is 0 Å². The SMILES string of the molecule is c1ccc(-c2cc(-c3ccc(-c4ccc(-c5cc6c7cccc(-c8ccc9c%10ccccc%10c%10ccccc%10c9c8)c7oc6c6ccccc56)cc4)cc3)nc(-c3ccccc3)n2)cc1. The standard InChI is InChI=1S/C62H38N2O/c1-3-14-42(15-4-1)58-38-59(64-62(63-58)44-16-5-2-6-17-44)43-32-28-40(29-33-43)39-26-30-41(31-27-39)55-37-57-54-25-13-24-46(60(54)65-61(57)53-23-12-11-22-51(53)55)45-34-35-52-49-20-8-7-18-47(49)48-19-9-10-21-50(48)56(52)36-45/h1-38H. The number of benzene rings is 11. The van der Waals surface area contributed by atoms with E-state index in [-0.39, 0.29) is 0 Å². The van der Waals surface area contributed by atoms with Crippen molar-refractivity contribution in [3.05, 3.63) is 231 Å². The lowest BCUT2D eigenvalue weighted by Gasteiger charge is -2.12. The summed E-state index contributed by atoms with van der Waals surface area (Å²) in [6, 6.07) is 82.1. The van der Waals surface area contributed by atoms with E-state index in [1.54, 1.807) is 0 Å². The number of hydrogen-bond donors (Lipinski definition) is 0. The first kappa shape index (κ1) is 36.9. The molecule has 0 atom stereocenters. The van der Waals surface area contributed by atoms with Gasteiger partial charge in [0.1, 0.15) is 11.2 Å². The number of furan rings is 1. The van der Waals surface area contributed by atoms with Crippen molar-refractivity contribution in [2.45, 2.75) is 0 Å². The predicted octanol–water partition coefficient (Wildman–Crippen LogP) is 17.0. The smallest absolute Gasteiger partial charge is 0.160 e. The Morgan fingerprint density at radius 2 is 0.677 bits per heavy atom. The Kier molecular flexibility index (Phi) is 8.53. The summed E-state index contributed by atoms with van der Waals surface area (Å²) in [4.78, 5) is 10.0. The van der Waals surface area contributed by atoms with Crippen molar-refractivity contribution < 1.29 is 4.42 Å². The molecular formula is C62H38N2O. The van der Waals surface area contributed by atoms with Gasteiger partial charge < -0.3 is 4.42 Å². The Hall–Kier alpha value is -8.66. The van der Waals surface area contributed by atoms with Crippen LogP contribution in [0.2, 0.25) is 0 Å². The molecule has 0 aliphatic carbocycles. The summed E-state index contributed by atoms with van der Waals surface area (Å²) in [7, 11) is 0. The molecule has 0 bridgehead atoms. The second-order valence-electron chi connectivity index (χ2n) is 16.8. The first-order valence-electron chi connectivity index (χ1n) is 22.1. The van der Waals surface area contributed by atoms with E-state index in [2.05, 4.69) is 194 Å². The van der Waals surface area contributed by atoms with E-state index >= 15 is 0 Å². The molecule has 3 nitrogen and oxygen atoms in total. The van der Waals surface area contributed by atoms with Crippen LogP contribution in [0.1, 0.15) is 0 Å². The molecule has 302 valence electrons. The predicted molar refractivity (Wildman–Crippen MR) is 272 cm³/mol. The van der Waals surface area contributed by atoms with Gasteiger partial charge in [-0.15, -0.1) is 0 Å². The summed E-state index contributed by atoms with van der Waals surface area (Å²) in [6.07, 6.45) is 0. The maximum atomic E-state index is 6.98. The molecule has 0 unspecified atom stereocenters. The zero-order chi connectivity index (χ0) is 42.8. The second kappa shape index (κ2) is 15.0. The van der Waals surface area contributed by atoms with Crippen LogP contribution in [-0.4, -0.2) is 9.97 Å². The van der Waals surface area contributed by atoms with Crippen molar-refractivity contribution in [3.8, 4) is 67.3 Å². The van der Waals surface area contributed by atoms with Crippen molar-refractivity contribution in [2.75, 3.05) is 0 Å². The summed E-state index contributed by atoms with van der Waals surface area (Å²) < 4.78 is 6.98. The minimum Gasteiger partial charge on any atom is -0.455 e. The van der Waals surface area contributed by atoms with E-state index in [1.165, 1.54) is 37.9 Å². The fourth-order valence-corrected chi connectivity index (χ4v) is 9.91. The molecule has 3 heteroatoms. The highest BCUT2D eigenvalue weighted by Gasteiger charge is 2.19. The maximum absolute atomic E-state index is 6.98. The molecule has 0 amide bonds. The number of rotatable bonds is 6. The van der Waals surface area contributed by atoms with Gasteiger partial charge in [0.05, 0.1) is 11.4 Å². The van der Waals surface area contributed by atoms with Crippen molar-refractivity contribution in [1.82, 2.24) is 9.97 Å². The molecule has 65 heavy (non-hydrogen) atoms. The third kappa shape index (κ3) is 6.20. The van der Waals surface area contributed by atoms with Gasteiger partial charge in [-0.2, -0.15) is 0 Å². The summed E-state index contributed by atoms with van der Waals surface area (Å²) in [6.45, 7) is 0. The molecule has 0 aliphatic rings. The van der Waals surface area contributed by atoms with Crippen LogP contribution in [0.15, 0.2) is 235 Å². The Labute approximate surface area is 375 Å². The minimum absolute atomic E-state index is 0.712. The Balaban J connectivity index is 0.871. The fourth-order valence-electron chi connectivity index (χ4n) is 9.91. The van der Waals surface area contributed by atoms with Crippen LogP contribution < -0.4 is 0 Å². The van der Waals surface area contributed by atoms with Crippen LogP contribution in [0.25, 0.3) is 132 Å². The van der Waals surface area contributed by atoms with Gasteiger partial charge in [0.15, 0.2) is 5.82 Å². The van der Waals surface area contributed by atoms with E-state index < -0.39 is 0 Å². The van der Waals surface area contributed by atoms with Crippen molar-refractivity contribution in [3.63, 3.8) is 0 Å². The van der Waals surface area contributed by atoms with Crippen LogP contribution in [0.5, 0.6) is 0 Å². The van der Waals surface area contributed by atoms with E-state index in [0.717, 1.165) is 88.6 Å². The van der Waals surface area contributed by atoms with Crippen LogP contribution in [0.3, 0.4) is 0 Å². The van der Waals surface area contributed by atoms with Gasteiger partial charge in [0, 0.05) is 38.4 Å². The van der Waals surface area contributed by atoms with Crippen molar-refractivity contribution in [1.29, 1.82) is 0 Å². The third-order valence-corrected chi connectivity index (χ3v) is 13.1. The van der Waals surface area contributed by atoms with Gasteiger partial charge in [-0.1, -0.05) is 212 Å². The largest absolute Gasteiger partial charge is 0.455 e. The highest BCUT2D eigenvalue weighted by Crippen LogP contribution is 2.44. The summed E-state index contributed by atoms with van der Waals surface area (Å²) >= 11 is 0. The summed E-state index contributed by atoms with van der Waals surface area (Å²) in [5.74, 6) is 0.712. The first-order chi connectivity index (χ1) is 32.2. The van der Waals surface area contributed by atoms with Crippen LogP contribution in [0, 0.1) is 0 Å². The average molecular weight is 827 g/mol. The molecular weight excluding hydrogens is 789 g/mol. The summed E-state index contributed by atoms with van der Waals surface area (Å²) in [5, 5.41) is 12.1. The van der Waals surface area contributed by atoms with Crippen molar-refractivity contribution >= 4 is 65.0 Å². The molecule has 0 N–H and O–H groups in total. The molecule has 2 heterocycles. The van der Waals surface area contributed by atoms with E-state index in [1.807, 2.05) is 36.4 Å². The molecule has 2 aromatic heterocycles. The Bertz CT molecular complexity index is 3870. The van der Waals surface area contributed by atoms with Crippen molar-refractivity contribution in [2.24, 2.45) is 0 Å². The molecule has 13 aromatic rings. The third-order valence-electron chi connectivity index (χ3n) is 13.1. The minimum atomic E-state index is 0.712. The zero-order valence-electron chi connectivity index (χ0n) is 35.2. The number of aromatic nitrogens is 2. The van der Waals surface area contributed by atoms with Gasteiger partial charge in [-0.05, 0) is 83.7 Å². The maximum Gasteiger partial charge on any atom is 0.160 e. The normalized spacial score (nSPS) is 11.7. The van der Waals surface area contributed by atoms with Crippen LogP contribution >= 0.6 is 0 Å². The van der Waals surface area contributed by atoms with E-state index in [4.69, 9.17) is 14.4 Å². The van der Waals surface area contributed by atoms with Gasteiger partial charge in [-0.3, -0.25) is 0 Å². The summed E-state index contributed by atoms with van der Waals surface area (Å²) in [5.41, 5.74) is 13.6. The Morgan fingerprint density at radius 3 is 1.31 bits per heavy atom. The second-order valence-corrected chi connectivity index (χ2v) is 16.8. The molecule has 0 saturated heterocycles. The zero-order valence-corrected chi connectivity index (χ0v) is 35.2. The quantitative estimate of drug-likeness (QED) is 0.157. The molecule has 0 saturated carbocycles. The number of para-hydroxylation sites is 1. The topological polar surface area (TPSA) is 38.9 Å². The van der Waals surface area contributed by atoms with Gasteiger partial charge in [0.2, 0.25) is 0 Å². The van der Waals surface area contributed by atoms with Crippen LogP contribution in [-0.2, 0) is 0 Å². The lowest BCUT2D eigenvalue weighted by molar-refractivity contribution is 0.674. The van der Waals surface area contributed by atoms with Gasteiger partial charge in [0.25, 0.3) is 0 Å². The first-order valence-corrected chi connectivity index (χ1v) is 22.1. The molecule has 11 aromatic carbocycles. The molecule has 13 rings (SSSR count). The molecule has 0 spiro atoms. The number of fused-ring (bicyclic) bond motifs is 11. The van der Waals surface area contributed by atoms with Gasteiger partial charge in [-0.25, -0.2) is 9.97 Å². The molecule has 0 radical (unpaired) electrons. The Morgan fingerprint density at radius 1 is 0.231 bits per heavy atom. The van der Waals surface area contributed by atoms with Crippen LogP contribution in [0.4, 0.5) is 0 Å². The van der Waals surface area contributed by atoms with E-state index in [0.29, 0.717) is 5.82 Å². The highest BCUT2D eigenvalue weighted by molar-refractivity contribution is 6.26.